The van der Waals surface area contributed by atoms with Gasteiger partial charge in [0.2, 0.25) is 5.91 Å². The van der Waals surface area contributed by atoms with Gasteiger partial charge in [-0.3, -0.25) is 14.4 Å². The average Bonchev–Trinajstić information content (AvgIpc) is 2.76. The summed E-state index contributed by atoms with van der Waals surface area (Å²) in [6.45, 7) is 1.84. The smallest absolute Gasteiger partial charge is 0.246 e. The minimum atomic E-state index is -1.25. The molecule has 1 saturated heterocycles. The molecule has 0 aliphatic carbocycles. The van der Waals surface area contributed by atoms with E-state index in [1.54, 1.807) is 6.07 Å². The zero-order chi connectivity index (χ0) is 23.3. The van der Waals surface area contributed by atoms with Gasteiger partial charge < -0.3 is 4.74 Å². The Labute approximate surface area is 198 Å². The highest BCUT2D eigenvalue weighted by Gasteiger charge is 2.27. The molecule has 32 heavy (non-hydrogen) atoms. The molecule has 0 bridgehead atoms. The Morgan fingerprint density at radius 1 is 1.19 bits per heavy atom. The van der Waals surface area contributed by atoms with E-state index in [1.165, 1.54) is 18.2 Å². The second-order valence-corrected chi connectivity index (χ2v) is 8.69. The molecule has 3 rings (SSSR count). The molecule has 0 saturated carbocycles. The van der Waals surface area contributed by atoms with Crippen molar-refractivity contribution in [1.82, 2.24) is 5.06 Å². The number of nitrogens with zero attached hydrogens (tertiary/aromatic N) is 1. The SMILES string of the molecule is CCCOCC(=O)c1cc(CN2OCCCC2=O)c(F)c(F)c1Cc1ccc(I)cc1F. The Hall–Kier alpha value is -1.98. The van der Waals surface area contributed by atoms with Gasteiger partial charge in [-0.1, -0.05) is 13.0 Å². The molecule has 172 valence electrons. The van der Waals surface area contributed by atoms with Gasteiger partial charge in [-0.05, 0) is 59.2 Å². The van der Waals surface area contributed by atoms with E-state index in [0.717, 1.165) is 5.06 Å². The Morgan fingerprint density at radius 2 is 1.97 bits per heavy atom. The van der Waals surface area contributed by atoms with Gasteiger partial charge in [-0.25, -0.2) is 18.2 Å². The fourth-order valence-corrected chi connectivity index (χ4v) is 3.83. The van der Waals surface area contributed by atoms with Gasteiger partial charge in [-0.15, -0.1) is 0 Å². The standard InChI is InChI=1S/C23H23F3INO4/c1-2-7-31-13-20(29)17-10-15(12-28-21(30)4-3-8-32-28)22(25)23(26)18(17)9-14-5-6-16(27)11-19(14)24/h5-6,10-11H,2-4,7-9,12-13H2,1H3. The Bertz CT molecular complexity index is 1020. The molecule has 0 unspecified atom stereocenters. The second-order valence-electron chi connectivity index (χ2n) is 7.45. The first kappa shape index (κ1) is 24.7. The van der Waals surface area contributed by atoms with Crippen LogP contribution in [0.4, 0.5) is 13.2 Å². The van der Waals surface area contributed by atoms with Crippen molar-refractivity contribution in [3.8, 4) is 0 Å². The lowest BCUT2D eigenvalue weighted by Crippen LogP contribution is -2.35. The topological polar surface area (TPSA) is 55.8 Å². The van der Waals surface area contributed by atoms with Crippen LogP contribution in [0.25, 0.3) is 0 Å². The number of hydroxylamine groups is 2. The molecule has 5 nitrogen and oxygen atoms in total. The fourth-order valence-electron chi connectivity index (χ4n) is 3.38. The summed E-state index contributed by atoms with van der Waals surface area (Å²) in [5.74, 6) is -3.91. The minimum absolute atomic E-state index is 0.0996. The third-order valence-corrected chi connectivity index (χ3v) is 5.69. The third kappa shape index (κ3) is 5.87. The van der Waals surface area contributed by atoms with Crippen molar-refractivity contribution in [2.75, 3.05) is 19.8 Å². The number of rotatable bonds is 9. The Balaban J connectivity index is 2.00. The van der Waals surface area contributed by atoms with Crippen LogP contribution in [0.3, 0.4) is 0 Å². The van der Waals surface area contributed by atoms with Crippen molar-refractivity contribution >= 4 is 34.3 Å². The highest BCUT2D eigenvalue weighted by Crippen LogP contribution is 2.27. The van der Waals surface area contributed by atoms with E-state index in [0.29, 0.717) is 23.0 Å². The monoisotopic (exact) mass is 561 g/mol. The van der Waals surface area contributed by atoms with E-state index in [2.05, 4.69) is 0 Å². The van der Waals surface area contributed by atoms with Gasteiger partial charge >= 0.3 is 0 Å². The number of benzene rings is 2. The fraction of sp³-hybridized carbons (Fsp3) is 0.391. The molecular weight excluding hydrogens is 538 g/mol. The molecule has 1 fully saturated rings. The summed E-state index contributed by atoms with van der Waals surface area (Å²) in [4.78, 5) is 30.1. The molecule has 0 atom stereocenters. The predicted octanol–water partition coefficient (Wildman–Crippen LogP) is 4.96. The van der Waals surface area contributed by atoms with Gasteiger partial charge in [0.15, 0.2) is 17.4 Å². The molecule has 1 aliphatic rings. The summed E-state index contributed by atoms with van der Waals surface area (Å²) >= 11 is 1.94. The van der Waals surface area contributed by atoms with Crippen LogP contribution in [0.15, 0.2) is 24.3 Å². The van der Waals surface area contributed by atoms with Crippen LogP contribution in [0, 0.1) is 21.0 Å². The number of hydrogen-bond donors (Lipinski definition) is 0. The average molecular weight is 561 g/mol. The first-order valence-electron chi connectivity index (χ1n) is 10.3. The molecular formula is C23H23F3INO4. The number of ketones is 1. The lowest BCUT2D eigenvalue weighted by atomic mass is 9.94. The largest absolute Gasteiger partial charge is 0.373 e. The van der Waals surface area contributed by atoms with Crippen molar-refractivity contribution in [2.45, 2.75) is 39.2 Å². The molecule has 9 heteroatoms. The molecule has 1 amide bonds. The molecule has 0 N–H and O–H groups in total. The summed E-state index contributed by atoms with van der Waals surface area (Å²) in [6, 6.07) is 5.61. The van der Waals surface area contributed by atoms with E-state index >= 15 is 4.39 Å². The van der Waals surface area contributed by atoms with E-state index in [1.807, 2.05) is 29.5 Å². The summed E-state index contributed by atoms with van der Waals surface area (Å²) in [6.07, 6.45) is 1.17. The first-order valence-corrected chi connectivity index (χ1v) is 11.4. The predicted molar refractivity (Wildman–Crippen MR) is 119 cm³/mol. The van der Waals surface area contributed by atoms with Gasteiger partial charge in [0.1, 0.15) is 12.4 Å². The maximum Gasteiger partial charge on any atom is 0.246 e. The first-order chi connectivity index (χ1) is 15.3. The van der Waals surface area contributed by atoms with Gasteiger partial charge in [0.05, 0.1) is 13.2 Å². The van der Waals surface area contributed by atoms with Gasteiger partial charge in [0.25, 0.3) is 0 Å². The molecule has 0 spiro atoms. The van der Waals surface area contributed by atoms with Crippen LogP contribution in [-0.2, 0) is 27.3 Å². The number of ether oxygens (including phenoxy) is 1. The highest BCUT2D eigenvalue weighted by molar-refractivity contribution is 14.1. The Morgan fingerprint density at radius 3 is 2.66 bits per heavy atom. The number of halogens is 4. The lowest BCUT2D eigenvalue weighted by Gasteiger charge is -2.26. The van der Waals surface area contributed by atoms with Gasteiger partial charge in [0, 0.05) is 39.7 Å². The van der Waals surface area contributed by atoms with Crippen LogP contribution in [0.5, 0.6) is 0 Å². The molecule has 1 aliphatic heterocycles. The van der Waals surface area contributed by atoms with E-state index in [-0.39, 0.29) is 60.8 Å². The van der Waals surface area contributed by atoms with Crippen molar-refractivity contribution in [3.63, 3.8) is 0 Å². The summed E-state index contributed by atoms with van der Waals surface area (Å²) in [5.41, 5.74) is -0.405. The van der Waals surface area contributed by atoms with Crippen molar-refractivity contribution in [3.05, 3.63) is 67.5 Å². The second kappa shape index (κ2) is 11.2. The zero-order valence-corrected chi connectivity index (χ0v) is 19.7. The maximum atomic E-state index is 15.2. The normalized spacial score (nSPS) is 14.2. The van der Waals surface area contributed by atoms with Crippen LogP contribution in [0.2, 0.25) is 0 Å². The molecule has 0 aromatic heterocycles. The zero-order valence-electron chi connectivity index (χ0n) is 17.6. The summed E-state index contributed by atoms with van der Waals surface area (Å²) in [7, 11) is 0. The van der Waals surface area contributed by atoms with E-state index in [4.69, 9.17) is 9.57 Å². The summed E-state index contributed by atoms with van der Waals surface area (Å²) < 4.78 is 50.5. The number of Topliss-reactive ketones (excluding diaryl/α,β-unsaturated/α-hetero) is 1. The van der Waals surface area contributed by atoms with Crippen molar-refractivity contribution in [1.29, 1.82) is 0 Å². The van der Waals surface area contributed by atoms with Crippen LogP contribution in [0.1, 0.15) is 53.2 Å². The quantitative estimate of drug-likeness (QED) is 0.247. The summed E-state index contributed by atoms with van der Waals surface area (Å²) in [5, 5.41) is 0.974. The van der Waals surface area contributed by atoms with E-state index < -0.39 is 23.2 Å². The van der Waals surface area contributed by atoms with Gasteiger partial charge in [-0.2, -0.15) is 0 Å². The molecule has 0 radical (unpaired) electrons. The van der Waals surface area contributed by atoms with E-state index in [9.17, 15) is 18.4 Å². The van der Waals surface area contributed by atoms with Crippen LogP contribution >= 0.6 is 22.6 Å². The number of carbonyl (C=O) groups is 2. The van der Waals surface area contributed by atoms with Crippen LogP contribution in [-0.4, -0.2) is 36.6 Å². The van der Waals surface area contributed by atoms with Crippen LogP contribution < -0.4 is 0 Å². The Kier molecular flexibility index (Phi) is 8.66. The molecule has 2 aromatic carbocycles. The molecule has 2 aromatic rings. The minimum Gasteiger partial charge on any atom is -0.373 e. The highest BCUT2D eigenvalue weighted by atomic mass is 127. The lowest BCUT2D eigenvalue weighted by molar-refractivity contribution is -0.202. The number of hydrogen-bond acceptors (Lipinski definition) is 4. The van der Waals surface area contributed by atoms with Crippen molar-refractivity contribution < 1.29 is 32.3 Å². The van der Waals surface area contributed by atoms with Crippen molar-refractivity contribution in [2.24, 2.45) is 0 Å². The maximum absolute atomic E-state index is 15.2. The molecule has 1 heterocycles. The third-order valence-electron chi connectivity index (χ3n) is 5.02. The number of amides is 1. The number of carbonyl (C=O) groups excluding carboxylic acids is 2.